The molecule has 0 aromatic heterocycles. The van der Waals surface area contributed by atoms with Crippen LogP contribution in [0.15, 0.2) is 29.3 Å². The second-order valence-electron chi connectivity index (χ2n) is 8.99. The van der Waals surface area contributed by atoms with Gasteiger partial charge in [0.2, 0.25) is 5.96 Å². The van der Waals surface area contributed by atoms with Crippen molar-refractivity contribution in [2.45, 2.75) is 52.7 Å². The number of hydrogen-bond donors (Lipinski definition) is 1. The maximum Gasteiger partial charge on any atom is 0.437 e. The van der Waals surface area contributed by atoms with E-state index in [0.717, 1.165) is 5.69 Å². The summed E-state index contributed by atoms with van der Waals surface area (Å²) in [6.45, 7) is 13.0. The number of benzene rings is 1. The van der Waals surface area contributed by atoms with Gasteiger partial charge in [0.1, 0.15) is 11.2 Å². The predicted octanol–water partition coefficient (Wildman–Crippen LogP) is 4.28. The van der Waals surface area contributed by atoms with E-state index in [1.807, 2.05) is 29.2 Å². The van der Waals surface area contributed by atoms with E-state index >= 15 is 0 Å². The summed E-state index contributed by atoms with van der Waals surface area (Å²) in [5, 5.41) is 3.29. The van der Waals surface area contributed by atoms with Crippen LogP contribution in [0.4, 0.5) is 15.3 Å². The van der Waals surface area contributed by atoms with Crippen LogP contribution < -0.4 is 10.2 Å². The predicted molar refractivity (Wildman–Crippen MR) is 118 cm³/mol. The average molecular weight is 439 g/mol. The number of piperazine rings is 1. The van der Waals surface area contributed by atoms with E-state index in [1.54, 1.807) is 41.5 Å². The number of hydrogen-bond acceptors (Lipinski definition) is 5. The molecule has 0 spiro atoms. The number of guanidine groups is 1. The Morgan fingerprint density at radius 1 is 0.933 bits per heavy atom. The minimum Gasteiger partial charge on any atom is -0.444 e. The number of nitrogens with one attached hydrogen (secondary N) is 1. The number of rotatable bonds is 1. The molecule has 1 aliphatic heterocycles. The van der Waals surface area contributed by atoms with Gasteiger partial charge < -0.3 is 19.3 Å². The molecule has 0 radical (unpaired) electrons. The molecule has 30 heavy (non-hydrogen) atoms. The van der Waals surface area contributed by atoms with Crippen LogP contribution >= 0.6 is 11.6 Å². The molecule has 2 amide bonds. The quantitative estimate of drug-likeness (QED) is 0.520. The molecule has 1 fully saturated rings. The van der Waals surface area contributed by atoms with Gasteiger partial charge >= 0.3 is 12.2 Å². The normalized spacial score (nSPS) is 15.6. The zero-order valence-corrected chi connectivity index (χ0v) is 19.2. The largest absolute Gasteiger partial charge is 0.444 e. The summed E-state index contributed by atoms with van der Waals surface area (Å²) in [5.41, 5.74) is -0.302. The zero-order chi connectivity index (χ0) is 22.5. The topological polar surface area (TPSA) is 83.5 Å². The van der Waals surface area contributed by atoms with E-state index in [2.05, 4.69) is 15.2 Å². The molecule has 1 aliphatic rings. The molecule has 1 aromatic carbocycles. The molecule has 1 N–H and O–H groups in total. The van der Waals surface area contributed by atoms with E-state index in [-0.39, 0.29) is 5.96 Å². The van der Waals surface area contributed by atoms with Gasteiger partial charge in [-0.1, -0.05) is 11.6 Å². The third-order valence-corrected chi connectivity index (χ3v) is 4.23. The minimum atomic E-state index is -0.770. The molecule has 8 nitrogen and oxygen atoms in total. The Balaban J connectivity index is 2.11. The molecular formula is C21H31ClN4O4. The van der Waals surface area contributed by atoms with Crippen molar-refractivity contribution in [3.63, 3.8) is 0 Å². The van der Waals surface area contributed by atoms with Crippen molar-refractivity contribution in [1.29, 1.82) is 0 Å². The molecule has 0 unspecified atom stereocenters. The number of anilines is 1. The highest BCUT2D eigenvalue weighted by Gasteiger charge is 2.26. The molecule has 0 aliphatic carbocycles. The summed E-state index contributed by atoms with van der Waals surface area (Å²) >= 11 is 5.97. The molecule has 2 rings (SSSR count). The zero-order valence-electron chi connectivity index (χ0n) is 18.5. The van der Waals surface area contributed by atoms with E-state index < -0.39 is 23.4 Å². The molecule has 1 heterocycles. The Bertz CT molecular complexity index is 774. The summed E-state index contributed by atoms with van der Waals surface area (Å²) in [5.74, 6) is 0.120. The van der Waals surface area contributed by atoms with Crippen molar-refractivity contribution < 1.29 is 19.1 Å². The van der Waals surface area contributed by atoms with Gasteiger partial charge in [-0.15, -0.1) is 4.99 Å². The third kappa shape index (κ3) is 8.10. The fourth-order valence-electron chi connectivity index (χ4n) is 2.77. The summed E-state index contributed by atoms with van der Waals surface area (Å²) in [6, 6.07) is 7.63. The monoisotopic (exact) mass is 438 g/mol. The second kappa shape index (κ2) is 9.55. The number of carbonyl (C=O) groups is 2. The van der Waals surface area contributed by atoms with Gasteiger partial charge in [-0.3, -0.25) is 5.32 Å². The Kier molecular flexibility index (Phi) is 7.58. The van der Waals surface area contributed by atoms with Crippen molar-refractivity contribution in [2.75, 3.05) is 31.1 Å². The fraction of sp³-hybridized carbons (Fsp3) is 0.571. The number of amides is 2. The van der Waals surface area contributed by atoms with Gasteiger partial charge in [0, 0.05) is 36.9 Å². The van der Waals surface area contributed by atoms with Crippen LogP contribution in [0.5, 0.6) is 0 Å². The lowest BCUT2D eigenvalue weighted by Crippen LogP contribution is -2.54. The minimum absolute atomic E-state index is 0.120. The van der Waals surface area contributed by atoms with Crippen LogP contribution in [0.25, 0.3) is 0 Å². The molecule has 0 atom stereocenters. The van der Waals surface area contributed by atoms with Crippen molar-refractivity contribution in [3.05, 3.63) is 29.3 Å². The first-order chi connectivity index (χ1) is 13.8. The molecule has 0 saturated carbocycles. The van der Waals surface area contributed by atoms with Gasteiger partial charge in [-0.05, 0) is 65.8 Å². The highest BCUT2D eigenvalue weighted by Crippen LogP contribution is 2.19. The number of carbonyl (C=O) groups excluding carboxylic acids is 2. The maximum atomic E-state index is 12.3. The van der Waals surface area contributed by atoms with E-state index in [0.29, 0.717) is 31.2 Å². The Labute approximate surface area is 183 Å². The Morgan fingerprint density at radius 2 is 1.47 bits per heavy atom. The number of aliphatic imine (C=N–C) groups is 1. The van der Waals surface area contributed by atoms with E-state index in [9.17, 15) is 9.59 Å². The lowest BCUT2D eigenvalue weighted by atomic mass is 10.2. The second-order valence-corrected chi connectivity index (χ2v) is 9.43. The third-order valence-electron chi connectivity index (χ3n) is 3.97. The standard InChI is InChI=1S/C21H31ClN4O4/c1-20(2,3)29-18(27)23-17(24-19(28)30-21(4,5)6)26-13-11-25(12-14-26)16-9-7-15(22)8-10-16/h7-10H,11-14H2,1-6H3,(H,23,24,27,28). The maximum absolute atomic E-state index is 12.3. The van der Waals surface area contributed by atoms with Crippen molar-refractivity contribution in [1.82, 2.24) is 10.2 Å². The van der Waals surface area contributed by atoms with Crippen molar-refractivity contribution in [2.24, 2.45) is 4.99 Å². The molecule has 0 bridgehead atoms. The lowest BCUT2D eigenvalue weighted by molar-refractivity contribution is 0.0554. The van der Waals surface area contributed by atoms with Crippen LogP contribution in [0, 0.1) is 0 Å². The average Bonchev–Trinajstić information content (AvgIpc) is 2.59. The number of nitrogens with zero attached hydrogens (tertiary/aromatic N) is 3. The van der Waals surface area contributed by atoms with Gasteiger partial charge in [-0.25, -0.2) is 9.59 Å². The first-order valence-electron chi connectivity index (χ1n) is 9.89. The smallest absolute Gasteiger partial charge is 0.437 e. The number of halogens is 1. The van der Waals surface area contributed by atoms with Crippen LogP contribution in [-0.4, -0.2) is 60.4 Å². The Hall–Kier alpha value is -2.48. The van der Waals surface area contributed by atoms with Crippen LogP contribution in [-0.2, 0) is 9.47 Å². The molecule has 1 saturated heterocycles. The van der Waals surface area contributed by atoms with Crippen LogP contribution in [0.1, 0.15) is 41.5 Å². The van der Waals surface area contributed by atoms with Gasteiger partial charge in [-0.2, -0.15) is 0 Å². The van der Waals surface area contributed by atoms with Gasteiger partial charge in [0.05, 0.1) is 0 Å². The van der Waals surface area contributed by atoms with Gasteiger partial charge in [0.25, 0.3) is 0 Å². The van der Waals surface area contributed by atoms with Crippen LogP contribution in [0.3, 0.4) is 0 Å². The number of alkyl carbamates (subject to hydrolysis) is 1. The first-order valence-corrected chi connectivity index (χ1v) is 10.3. The van der Waals surface area contributed by atoms with E-state index in [1.165, 1.54) is 0 Å². The molecular weight excluding hydrogens is 408 g/mol. The highest BCUT2D eigenvalue weighted by molar-refractivity contribution is 6.30. The molecule has 1 aromatic rings. The van der Waals surface area contributed by atoms with E-state index in [4.69, 9.17) is 21.1 Å². The van der Waals surface area contributed by atoms with Gasteiger partial charge in [0.15, 0.2) is 0 Å². The van der Waals surface area contributed by atoms with Crippen LogP contribution in [0.2, 0.25) is 5.02 Å². The summed E-state index contributed by atoms with van der Waals surface area (Å²) < 4.78 is 10.6. The highest BCUT2D eigenvalue weighted by atomic mass is 35.5. The summed E-state index contributed by atoms with van der Waals surface area (Å²) in [7, 11) is 0. The first kappa shape index (κ1) is 23.8. The Morgan fingerprint density at radius 3 is 1.97 bits per heavy atom. The lowest BCUT2D eigenvalue weighted by Gasteiger charge is -2.37. The van der Waals surface area contributed by atoms with Crippen molar-refractivity contribution in [3.8, 4) is 0 Å². The van der Waals surface area contributed by atoms with Crippen molar-refractivity contribution >= 4 is 35.4 Å². The summed E-state index contributed by atoms with van der Waals surface area (Å²) in [4.78, 5) is 32.6. The molecule has 166 valence electrons. The number of ether oxygens (including phenoxy) is 2. The summed E-state index contributed by atoms with van der Waals surface area (Å²) in [6.07, 6.45) is -1.45. The molecule has 9 heteroatoms. The SMILES string of the molecule is CC(C)(C)OC(=O)N=C(NC(=O)OC(C)(C)C)N1CCN(c2ccc(Cl)cc2)CC1. The fourth-order valence-corrected chi connectivity index (χ4v) is 2.90.